The van der Waals surface area contributed by atoms with Gasteiger partial charge < -0.3 is 9.64 Å². The molecule has 132 valence electrons. The molecule has 0 aliphatic carbocycles. The quantitative estimate of drug-likeness (QED) is 0.678. The van der Waals surface area contributed by atoms with Crippen molar-refractivity contribution < 1.29 is 9.53 Å². The van der Waals surface area contributed by atoms with Gasteiger partial charge >= 0.3 is 5.97 Å². The predicted molar refractivity (Wildman–Crippen MR) is 98.4 cm³/mol. The van der Waals surface area contributed by atoms with Crippen molar-refractivity contribution in [2.45, 2.75) is 26.6 Å². The van der Waals surface area contributed by atoms with Gasteiger partial charge in [0, 0.05) is 31.3 Å². The molecule has 26 heavy (non-hydrogen) atoms. The Labute approximate surface area is 152 Å². The Morgan fingerprint density at radius 1 is 1.08 bits per heavy atom. The van der Waals surface area contributed by atoms with Crippen molar-refractivity contribution >= 4 is 11.7 Å². The number of carbonyl (C=O) groups is 1. The number of hydrogen-bond acceptors (Lipinski definition) is 5. The lowest BCUT2D eigenvalue weighted by Gasteiger charge is -2.24. The zero-order chi connectivity index (χ0) is 17.9. The number of anilines is 1. The number of fused-ring (bicyclic) bond motifs is 3. The van der Waals surface area contributed by atoms with Crippen molar-refractivity contribution in [2.24, 2.45) is 0 Å². The molecule has 3 aromatic rings. The molecule has 0 N–H and O–H groups in total. The van der Waals surface area contributed by atoms with Gasteiger partial charge in [0.2, 0.25) is 0 Å². The largest absolute Gasteiger partial charge is 0.459 e. The highest BCUT2D eigenvalue weighted by Gasteiger charge is 2.24. The molecule has 0 saturated heterocycles. The topological polar surface area (TPSA) is 60.2 Å². The predicted octanol–water partition coefficient (Wildman–Crippen LogP) is 3.03. The summed E-state index contributed by atoms with van der Waals surface area (Å²) in [5, 5.41) is 8.52. The van der Waals surface area contributed by atoms with Gasteiger partial charge in [0.15, 0.2) is 0 Å². The molecule has 2 aromatic carbocycles. The number of rotatable bonds is 4. The van der Waals surface area contributed by atoms with Gasteiger partial charge in [-0.05, 0) is 11.6 Å². The molecule has 6 nitrogen and oxygen atoms in total. The van der Waals surface area contributed by atoms with Crippen molar-refractivity contribution in [2.75, 3.05) is 11.4 Å². The van der Waals surface area contributed by atoms with E-state index in [4.69, 9.17) is 4.74 Å². The van der Waals surface area contributed by atoms with Crippen LogP contribution in [0.4, 0.5) is 5.69 Å². The minimum Gasteiger partial charge on any atom is -0.459 e. The lowest BCUT2D eigenvalue weighted by atomic mass is 10.1. The van der Waals surface area contributed by atoms with Gasteiger partial charge in [-0.15, -0.1) is 5.10 Å². The minimum atomic E-state index is -0.320. The summed E-state index contributed by atoms with van der Waals surface area (Å²) in [6, 6.07) is 18.7. The van der Waals surface area contributed by atoms with Crippen molar-refractivity contribution in [1.82, 2.24) is 15.0 Å². The van der Waals surface area contributed by atoms with Gasteiger partial charge in [-0.3, -0.25) is 4.79 Å². The standard InChI is InChI=1S/C20H20N4O2/c1-15(25)26-14-18-20-17-9-5-6-10-19(17)23(11-12-24(20)22-21-18)13-16-7-3-2-4-8-16/h2-10H,11-14H2,1H3. The highest BCUT2D eigenvalue weighted by Crippen LogP contribution is 2.35. The molecule has 0 atom stereocenters. The van der Waals surface area contributed by atoms with E-state index >= 15 is 0 Å². The number of benzene rings is 2. The Kier molecular flexibility index (Phi) is 4.39. The average molecular weight is 348 g/mol. The summed E-state index contributed by atoms with van der Waals surface area (Å²) in [4.78, 5) is 13.5. The first-order valence-corrected chi connectivity index (χ1v) is 8.66. The molecule has 2 heterocycles. The van der Waals surface area contributed by atoms with Gasteiger partial charge in [-0.2, -0.15) is 0 Å². The van der Waals surface area contributed by atoms with Crippen molar-refractivity contribution in [1.29, 1.82) is 0 Å². The number of aromatic nitrogens is 3. The van der Waals surface area contributed by atoms with E-state index in [9.17, 15) is 4.79 Å². The molecule has 6 heteroatoms. The number of carbonyl (C=O) groups excluding carboxylic acids is 1. The first kappa shape index (κ1) is 16.3. The van der Waals surface area contributed by atoms with E-state index in [1.54, 1.807) is 0 Å². The summed E-state index contributed by atoms with van der Waals surface area (Å²) in [6.07, 6.45) is 0. The van der Waals surface area contributed by atoms with Crippen LogP contribution in [0.3, 0.4) is 0 Å². The maximum Gasteiger partial charge on any atom is 0.303 e. The Hall–Kier alpha value is -3.15. The maximum atomic E-state index is 11.2. The van der Waals surface area contributed by atoms with Crippen LogP contribution in [-0.4, -0.2) is 27.5 Å². The van der Waals surface area contributed by atoms with Crippen LogP contribution in [0.5, 0.6) is 0 Å². The van der Waals surface area contributed by atoms with E-state index in [1.165, 1.54) is 12.5 Å². The molecule has 1 aromatic heterocycles. The first-order valence-electron chi connectivity index (χ1n) is 8.66. The molecule has 0 unspecified atom stereocenters. The molecule has 0 spiro atoms. The van der Waals surface area contributed by atoms with Crippen LogP contribution in [0.15, 0.2) is 54.6 Å². The molecule has 0 radical (unpaired) electrons. The Bertz CT molecular complexity index is 921. The molecule has 0 bridgehead atoms. The molecule has 0 amide bonds. The van der Waals surface area contributed by atoms with E-state index in [-0.39, 0.29) is 12.6 Å². The smallest absolute Gasteiger partial charge is 0.303 e. The molecule has 1 aliphatic rings. The average Bonchev–Trinajstić information content (AvgIpc) is 3.00. The van der Waals surface area contributed by atoms with Gasteiger partial charge in [-0.1, -0.05) is 53.7 Å². The van der Waals surface area contributed by atoms with Gasteiger partial charge in [0.05, 0.1) is 12.2 Å². The monoisotopic (exact) mass is 348 g/mol. The fraction of sp³-hybridized carbons (Fsp3) is 0.250. The lowest BCUT2D eigenvalue weighted by Crippen LogP contribution is -2.25. The molecule has 0 saturated carbocycles. The third-order valence-electron chi connectivity index (χ3n) is 4.51. The summed E-state index contributed by atoms with van der Waals surface area (Å²) in [6.45, 7) is 3.92. The molecule has 0 fully saturated rings. The second kappa shape index (κ2) is 7.00. The fourth-order valence-electron chi connectivity index (χ4n) is 3.32. The SMILES string of the molecule is CC(=O)OCc1nnn2c1-c1ccccc1N(Cc1ccccc1)CC2. The number of para-hydroxylation sites is 1. The summed E-state index contributed by atoms with van der Waals surface area (Å²) in [7, 11) is 0. The highest BCUT2D eigenvalue weighted by atomic mass is 16.5. The second-order valence-electron chi connectivity index (χ2n) is 6.31. The fourth-order valence-corrected chi connectivity index (χ4v) is 3.32. The third kappa shape index (κ3) is 3.18. The third-order valence-corrected chi connectivity index (χ3v) is 4.51. The lowest BCUT2D eigenvalue weighted by molar-refractivity contribution is -0.142. The van der Waals surface area contributed by atoms with Gasteiger partial charge in [0.25, 0.3) is 0 Å². The second-order valence-corrected chi connectivity index (χ2v) is 6.31. The van der Waals surface area contributed by atoms with E-state index < -0.39 is 0 Å². The Balaban J connectivity index is 1.72. The van der Waals surface area contributed by atoms with Gasteiger partial charge in [-0.25, -0.2) is 4.68 Å². The van der Waals surface area contributed by atoms with Crippen molar-refractivity contribution in [3.8, 4) is 11.3 Å². The summed E-state index contributed by atoms with van der Waals surface area (Å²) >= 11 is 0. The minimum absolute atomic E-state index is 0.137. The maximum absolute atomic E-state index is 11.2. The van der Waals surface area contributed by atoms with Crippen LogP contribution < -0.4 is 4.90 Å². The van der Waals surface area contributed by atoms with Crippen LogP contribution in [0, 0.1) is 0 Å². The van der Waals surface area contributed by atoms with Crippen LogP contribution in [0.1, 0.15) is 18.2 Å². The molecular formula is C20H20N4O2. The zero-order valence-corrected chi connectivity index (χ0v) is 14.6. The van der Waals surface area contributed by atoms with E-state index in [0.29, 0.717) is 5.69 Å². The summed E-state index contributed by atoms with van der Waals surface area (Å²) in [5.41, 5.74) is 5.08. The molecule has 4 rings (SSSR count). The van der Waals surface area contributed by atoms with Crippen LogP contribution in [-0.2, 0) is 29.2 Å². The zero-order valence-electron chi connectivity index (χ0n) is 14.6. The molecular weight excluding hydrogens is 328 g/mol. The highest BCUT2D eigenvalue weighted by molar-refractivity contribution is 5.78. The van der Waals surface area contributed by atoms with E-state index in [2.05, 4.69) is 51.6 Å². The number of nitrogens with zero attached hydrogens (tertiary/aromatic N) is 4. The number of ether oxygens (including phenoxy) is 1. The first-order chi connectivity index (χ1) is 12.7. The van der Waals surface area contributed by atoms with E-state index in [0.717, 1.165) is 36.6 Å². The van der Waals surface area contributed by atoms with Crippen LogP contribution in [0.2, 0.25) is 0 Å². The Morgan fingerprint density at radius 2 is 1.85 bits per heavy atom. The number of hydrogen-bond donors (Lipinski definition) is 0. The van der Waals surface area contributed by atoms with Crippen LogP contribution >= 0.6 is 0 Å². The van der Waals surface area contributed by atoms with Crippen molar-refractivity contribution in [3.63, 3.8) is 0 Å². The number of esters is 1. The van der Waals surface area contributed by atoms with Crippen molar-refractivity contribution in [3.05, 3.63) is 65.9 Å². The summed E-state index contributed by atoms with van der Waals surface area (Å²) < 4.78 is 7.07. The molecule has 1 aliphatic heterocycles. The van der Waals surface area contributed by atoms with Crippen LogP contribution in [0.25, 0.3) is 11.3 Å². The van der Waals surface area contributed by atoms with Gasteiger partial charge in [0.1, 0.15) is 12.3 Å². The Morgan fingerprint density at radius 3 is 2.65 bits per heavy atom. The van der Waals surface area contributed by atoms with E-state index in [1.807, 2.05) is 22.9 Å². The summed E-state index contributed by atoms with van der Waals surface area (Å²) in [5.74, 6) is -0.320. The normalized spacial score (nSPS) is 12.9.